The van der Waals surface area contributed by atoms with Gasteiger partial charge in [0.25, 0.3) is 10.0 Å². The second-order valence-electron chi connectivity index (χ2n) is 10.7. The Morgan fingerprint density at radius 1 is 0.778 bits per heavy atom. The summed E-state index contributed by atoms with van der Waals surface area (Å²) in [6.45, 7) is 3.33. The predicted molar refractivity (Wildman–Crippen MR) is 175 cm³/mol. The molecule has 10 heteroatoms. The molecule has 0 heterocycles. The minimum absolute atomic E-state index is 0.0213. The van der Waals surface area contributed by atoms with Crippen molar-refractivity contribution in [2.75, 3.05) is 32.1 Å². The summed E-state index contributed by atoms with van der Waals surface area (Å²) in [4.78, 5) is 29.4. The van der Waals surface area contributed by atoms with E-state index in [9.17, 15) is 18.0 Å². The summed E-state index contributed by atoms with van der Waals surface area (Å²) < 4.78 is 40.3. The number of nitrogens with one attached hydrogen (secondary N) is 1. The number of anilines is 1. The van der Waals surface area contributed by atoms with E-state index in [2.05, 4.69) is 5.32 Å². The Bertz CT molecular complexity index is 1730. The molecule has 45 heavy (non-hydrogen) atoms. The molecule has 2 amide bonds. The van der Waals surface area contributed by atoms with Crippen LogP contribution in [0.2, 0.25) is 0 Å². The van der Waals surface area contributed by atoms with Gasteiger partial charge in [-0.15, -0.1) is 0 Å². The fourth-order valence-electron chi connectivity index (χ4n) is 5.07. The molecule has 0 unspecified atom stereocenters. The molecular weight excluding hydrogens is 590 g/mol. The van der Waals surface area contributed by atoms with E-state index in [4.69, 9.17) is 9.47 Å². The summed E-state index contributed by atoms with van der Waals surface area (Å²) in [5.74, 6) is -0.204. The molecule has 0 saturated heterocycles. The van der Waals surface area contributed by atoms with E-state index < -0.39 is 28.5 Å². The molecule has 1 N–H and O–H groups in total. The van der Waals surface area contributed by atoms with Crippen LogP contribution in [0, 0.1) is 13.8 Å². The van der Waals surface area contributed by atoms with Crippen LogP contribution in [-0.2, 0) is 32.6 Å². The lowest BCUT2D eigenvalue weighted by atomic mass is 10.0. The second kappa shape index (κ2) is 14.8. The van der Waals surface area contributed by atoms with E-state index in [0.717, 1.165) is 26.6 Å². The summed E-state index contributed by atoms with van der Waals surface area (Å²) in [7, 11) is 0.210. The van der Waals surface area contributed by atoms with Crippen molar-refractivity contribution in [2.45, 2.75) is 37.8 Å². The van der Waals surface area contributed by atoms with Crippen LogP contribution in [0.15, 0.2) is 102 Å². The van der Waals surface area contributed by atoms with Crippen molar-refractivity contribution in [3.63, 3.8) is 0 Å². The highest BCUT2D eigenvalue weighted by molar-refractivity contribution is 7.92. The Kier molecular flexibility index (Phi) is 10.9. The van der Waals surface area contributed by atoms with Gasteiger partial charge in [0, 0.05) is 26.1 Å². The van der Waals surface area contributed by atoms with Gasteiger partial charge in [-0.25, -0.2) is 8.42 Å². The quantitative estimate of drug-likeness (QED) is 0.226. The SMILES string of the molecule is CNC(=O)[C@@H](Cc1ccccc1)N(Cc1cccc(C)c1)C(=O)CN(c1ccc(OC)c(OC)c1)S(=O)(=O)c1ccc(C)cc1. The highest BCUT2D eigenvalue weighted by Gasteiger charge is 2.34. The zero-order valence-corrected chi connectivity index (χ0v) is 27.0. The fraction of sp³-hybridized carbons (Fsp3) is 0.257. The van der Waals surface area contributed by atoms with Crippen molar-refractivity contribution in [2.24, 2.45) is 0 Å². The molecule has 0 saturated carbocycles. The Labute approximate surface area is 265 Å². The molecule has 1 atom stereocenters. The summed E-state index contributed by atoms with van der Waals surface area (Å²) in [6.07, 6.45) is 0.235. The molecule has 0 spiro atoms. The second-order valence-corrected chi connectivity index (χ2v) is 12.6. The summed E-state index contributed by atoms with van der Waals surface area (Å²) in [5.41, 5.74) is 3.76. The Hall–Kier alpha value is -4.83. The summed E-state index contributed by atoms with van der Waals surface area (Å²) >= 11 is 0. The van der Waals surface area contributed by atoms with Gasteiger partial charge in [-0.2, -0.15) is 0 Å². The molecule has 0 bridgehead atoms. The maximum Gasteiger partial charge on any atom is 0.264 e. The first-order valence-electron chi connectivity index (χ1n) is 14.5. The molecular formula is C35H39N3O6S. The van der Waals surface area contributed by atoms with Gasteiger partial charge in [-0.05, 0) is 49.2 Å². The van der Waals surface area contributed by atoms with E-state index in [-0.39, 0.29) is 29.5 Å². The maximum atomic E-state index is 14.5. The fourth-order valence-corrected chi connectivity index (χ4v) is 6.48. The third kappa shape index (κ3) is 8.02. The van der Waals surface area contributed by atoms with Gasteiger partial charge in [-0.1, -0.05) is 77.9 Å². The first kappa shape index (κ1) is 33.1. The number of rotatable bonds is 13. The van der Waals surface area contributed by atoms with Crippen LogP contribution in [-0.4, -0.2) is 59.0 Å². The normalized spacial score (nSPS) is 11.8. The Morgan fingerprint density at radius 2 is 1.44 bits per heavy atom. The third-order valence-corrected chi connectivity index (χ3v) is 9.28. The largest absolute Gasteiger partial charge is 0.493 e. The Morgan fingerprint density at radius 3 is 2.07 bits per heavy atom. The average molecular weight is 630 g/mol. The highest BCUT2D eigenvalue weighted by atomic mass is 32.2. The van der Waals surface area contributed by atoms with Crippen LogP contribution in [0.25, 0.3) is 0 Å². The lowest BCUT2D eigenvalue weighted by molar-refractivity contribution is -0.139. The highest BCUT2D eigenvalue weighted by Crippen LogP contribution is 2.34. The third-order valence-electron chi connectivity index (χ3n) is 7.50. The number of hydrogen-bond acceptors (Lipinski definition) is 6. The van der Waals surface area contributed by atoms with E-state index >= 15 is 0 Å². The zero-order chi connectivity index (χ0) is 32.6. The first-order chi connectivity index (χ1) is 21.6. The van der Waals surface area contributed by atoms with Gasteiger partial charge in [0.1, 0.15) is 12.6 Å². The van der Waals surface area contributed by atoms with Crippen molar-refractivity contribution in [3.8, 4) is 11.5 Å². The molecule has 4 aromatic carbocycles. The molecule has 4 rings (SSSR count). The molecule has 0 aromatic heterocycles. The van der Waals surface area contributed by atoms with Crippen molar-refractivity contribution in [1.82, 2.24) is 10.2 Å². The maximum absolute atomic E-state index is 14.5. The van der Waals surface area contributed by atoms with E-state index in [1.807, 2.05) is 68.4 Å². The van der Waals surface area contributed by atoms with Gasteiger partial charge in [0.05, 0.1) is 24.8 Å². The van der Waals surface area contributed by atoms with Crippen LogP contribution in [0.4, 0.5) is 5.69 Å². The number of methoxy groups -OCH3 is 2. The van der Waals surface area contributed by atoms with Crippen LogP contribution < -0.4 is 19.1 Å². The summed E-state index contributed by atoms with van der Waals surface area (Å²) in [5, 5.41) is 2.70. The van der Waals surface area contributed by atoms with E-state index in [1.165, 1.54) is 44.4 Å². The van der Waals surface area contributed by atoms with Crippen LogP contribution >= 0.6 is 0 Å². The number of nitrogens with zero attached hydrogens (tertiary/aromatic N) is 2. The number of carbonyl (C=O) groups is 2. The molecule has 0 aliphatic heterocycles. The lowest BCUT2D eigenvalue weighted by Gasteiger charge is -2.33. The number of carbonyl (C=O) groups excluding carboxylic acids is 2. The predicted octanol–water partition coefficient (Wildman–Crippen LogP) is 4.90. The standard InChI is InChI=1S/C35H39N3O6S/c1-25-14-17-30(18-15-25)45(41,42)38(29-16-19-32(43-4)33(22-29)44-5)24-34(39)37(23-28-13-9-10-26(2)20-28)31(35(40)36-3)21-27-11-7-6-8-12-27/h6-20,22,31H,21,23-24H2,1-5H3,(H,36,40)/t31-/m1/s1. The van der Waals surface area contributed by atoms with Crippen molar-refractivity contribution in [1.29, 1.82) is 0 Å². The van der Waals surface area contributed by atoms with Gasteiger partial charge >= 0.3 is 0 Å². The molecule has 0 aliphatic carbocycles. The lowest BCUT2D eigenvalue weighted by Crippen LogP contribution is -2.53. The van der Waals surface area contributed by atoms with E-state index in [1.54, 1.807) is 24.3 Å². The monoisotopic (exact) mass is 629 g/mol. The van der Waals surface area contributed by atoms with Crippen LogP contribution in [0.5, 0.6) is 11.5 Å². The van der Waals surface area contributed by atoms with Gasteiger partial charge < -0.3 is 19.7 Å². The number of amides is 2. The number of hydrogen-bond donors (Lipinski definition) is 1. The van der Waals surface area contributed by atoms with Crippen molar-refractivity contribution >= 4 is 27.5 Å². The van der Waals surface area contributed by atoms with Gasteiger partial charge in [0.2, 0.25) is 11.8 Å². The van der Waals surface area contributed by atoms with Gasteiger partial charge in [-0.3, -0.25) is 13.9 Å². The molecule has 0 radical (unpaired) electrons. The van der Waals surface area contributed by atoms with Crippen molar-refractivity contribution < 1.29 is 27.5 Å². The van der Waals surface area contributed by atoms with Crippen molar-refractivity contribution in [3.05, 3.63) is 119 Å². The number of aryl methyl sites for hydroxylation is 2. The van der Waals surface area contributed by atoms with Gasteiger partial charge in [0.15, 0.2) is 11.5 Å². The molecule has 4 aromatic rings. The first-order valence-corrected chi connectivity index (χ1v) is 15.9. The smallest absolute Gasteiger partial charge is 0.264 e. The summed E-state index contributed by atoms with van der Waals surface area (Å²) in [6, 6.07) is 27.2. The zero-order valence-electron chi connectivity index (χ0n) is 26.2. The molecule has 9 nitrogen and oxygen atoms in total. The Balaban J connectivity index is 1.83. The van der Waals surface area contributed by atoms with Crippen LogP contribution in [0.1, 0.15) is 22.3 Å². The minimum atomic E-state index is -4.25. The number of likely N-dealkylation sites (N-methyl/N-ethyl adjacent to an activating group) is 1. The topological polar surface area (TPSA) is 105 Å². The number of sulfonamides is 1. The molecule has 0 aliphatic rings. The molecule has 236 valence electrons. The van der Waals surface area contributed by atoms with E-state index in [0.29, 0.717) is 11.5 Å². The van der Waals surface area contributed by atoms with Crippen LogP contribution in [0.3, 0.4) is 0 Å². The number of ether oxygens (including phenoxy) is 2. The molecule has 0 fully saturated rings. The number of benzene rings is 4. The minimum Gasteiger partial charge on any atom is -0.493 e. The average Bonchev–Trinajstić information content (AvgIpc) is 3.05.